The third-order valence-electron chi connectivity index (χ3n) is 2.43. The predicted molar refractivity (Wildman–Crippen MR) is 80.5 cm³/mol. The highest BCUT2D eigenvalue weighted by Crippen LogP contribution is 1.83. The van der Waals surface area contributed by atoms with Crippen molar-refractivity contribution in [1.82, 2.24) is 0 Å². The highest BCUT2D eigenvalue weighted by molar-refractivity contribution is 4.99. The van der Waals surface area contributed by atoms with E-state index >= 15 is 0 Å². The maximum atomic E-state index is 5.34. The SMILES string of the molecule is C1#CCOCCOCCOCC#CCOCCOCCOC1. The van der Waals surface area contributed by atoms with Crippen molar-refractivity contribution in [1.29, 1.82) is 0 Å². The summed E-state index contributed by atoms with van der Waals surface area (Å²) in [6, 6.07) is 0. The van der Waals surface area contributed by atoms with Crippen molar-refractivity contribution in [2.75, 3.05) is 79.3 Å². The third-order valence-corrected chi connectivity index (χ3v) is 2.43. The molecule has 0 saturated heterocycles. The number of ether oxygens (including phenoxy) is 6. The molecule has 0 fully saturated rings. The van der Waals surface area contributed by atoms with E-state index in [4.69, 9.17) is 28.4 Å². The Bertz CT molecular complexity index is 298. The van der Waals surface area contributed by atoms with Gasteiger partial charge in [-0.15, -0.1) is 0 Å². The van der Waals surface area contributed by atoms with E-state index in [1.54, 1.807) is 0 Å². The monoisotopic (exact) mass is 312 g/mol. The zero-order valence-corrected chi connectivity index (χ0v) is 12.9. The van der Waals surface area contributed by atoms with Gasteiger partial charge in [0.2, 0.25) is 0 Å². The van der Waals surface area contributed by atoms with Gasteiger partial charge in [0.1, 0.15) is 26.4 Å². The Morgan fingerprint density at radius 3 is 0.818 bits per heavy atom. The minimum absolute atomic E-state index is 0.382. The molecule has 124 valence electrons. The van der Waals surface area contributed by atoms with Crippen molar-refractivity contribution in [2.24, 2.45) is 0 Å². The largest absolute Gasteiger partial charge is 0.377 e. The maximum Gasteiger partial charge on any atom is 0.107 e. The summed E-state index contributed by atoms with van der Waals surface area (Å²) < 4.78 is 31.8. The minimum Gasteiger partial charge on any atom is -0.377 e. The summed E-state index contributed by atoms with van der Waals surface area (Å²) in [5.74, 6) is 11.5. The smallest absolute Gasteiger partial charge is 0.107 e. The Morgan fingerprint density at radius 2 is 0.545 bits per heavy atom. The molecule has 0 N–H and O–H groups in total. The first-order chi connectivity index (χ1) is 11.0. The molecule has 0 aromatic carbocycles. The van der Waals surface area contributed by atoms with Crippen LogP contribution in [-0.2, 0) is 28.4 Å². The van der Waals surface area contributed by atoms with Crippen LogP contribution in [-0.4, -0.2) is 79.3 Å². The molecule has 0 atom stereocenters. The molecule has 0 aromatic heterocycles. The van der Waals surface area contributed by atoms with E-state index in [1.165, 1.54) is 0 Å². The van der Waals surface area contributed by atoms with Gasteiger partial charge in [0.25, 0.3) is 0 Å². The molecule has 0 amide bonds. The molecule has 1 rings (SSSR count). The Kier molecular flexibility index (Phi) is 14.0. The summed E-state index contributed by atoms with van der Waals surface area (Å²) in [6.45, 7) is 5.69. The van der Waals surface area contributed by atoms with Gasteiger partial charge in [-0.1, -0.05) is 23.7 Å². The molecule has 22 heavy (non-hydrogen) atoms. The Hall–Kier alpha value is -1.12. The zero-order valence-electron chi connectivity index (χ0n) is 12.9. The second-order valence-corrected chi connectivity index (χ2v) is 4.14. The van der Waals surface area contributed by atoms with Crippen molar-refractivity contribution in [3.05, 3.63) is 0 Å². The minimum atomic E-state index is 0.382. The molecule has 1 aliphatic rings. The topological polar surface area (TPSA) is 55.4 Å². The fourth-order valence-electron chi connectivity index (χ4n) is 1.37. The second-order valence-electron chi connectivity index (χ2n) is 4.14. The predicted octanol–water partition coefficient (Wildman–Crippen LogP) is 0.106. The third kappa shape index (κ3) is 13.8. The Labute approximate surface area is 132 Å². The zero-order chi connectivity index (χ0) is 15.6. The summed E-state index contributed by atoms with van der Waals surface area (Å²) in [6.07, 6.45) is 0. The Balaban J connectivity index is 2.13. The van der Waals surface area contributed by atoms with Crippen LogP contribution in [0.5, 0.6) is 0 Å². The average Bonchev–Trinajstić information content (AvgIpc) is 2.53. The molecule has 0 bridgehead atoms. The van der Waals surface area contributed by atoms with Crippen LogP contribution >= 0.6 is 0 Å². The molecular weight excluding hydrogens is 288 g/mol. The standard InChI is InChI=1S/C16H24O6/c1-2-6-18-10-14-22-16-12-20-8-4-3-7-19-11-15-21-13-9-17-5-1/h5-16H2. The van der Waals surface area contributed by atoms with Crippen LogP contribution in [0.4, 0.5) is 0 Å². The van der Waals surface area contributed by atoms with Crippen molar-refractivity contribution < 1.29 is 28.4 Å². The van der Waals surface area contributed by atoms with E-state index in [0.717, 1.165) is 0 Å². The highest BCUT2D eigenvalue weighted by atomic mass is 16.5. The fourth-order valence-corrected chi connectivity index (χ4v) is 1.37. The van der Waals surface area contributed by atoms with Crippen LogP contribution in [0.15, 0.2) is 0 Å². The van der Waals surface area contributed by atoms with Gasteiger partial charge in [0.05, 0.1) is 52.9 Å². The highest BCUT2D eigenvalue weighted by Gasteiger charge is 1.91. The quantitative estimate of drug-likeness (QED) is 0.592. The molecule has 0 spiro atoms. The van der Waals surface area contributed by atoms with Gasteiger partial charge >= 0.3 is 0 Å². The van der Waals surface area contributed by atoms with E-state index in [0.29, 0.717) is 79.3 Å². The second kappa shape index (κ2) is 16.3. The van der Waals surface area contributed by atoms with E-state index in [-0.39, 0.29) is 0 Å². The fraction of sp³-hybridized carbons (Fsp3) is 0.750. The molecule has 0 unspecified atom stereocenters. The first kappa shape index (κ1) is 18.9. The van der Waals surface area contributed by atoms with Gasteiger partial charge in [-0.25, -0.2) is 0 Å². The molecule has 1 aliphatic heterocycles. The van der Waals surface area contributed by atoms with Crippen molar-refractivity contribution >= 4 is 0 Å². The summed E-state index contributed by atoms with van der Waals surface area (Å²) in [5.41, 5.74) is 0. The molecule has 1 heterocycles. The van der Waals surface area contributed by atoms with E-state index in [1.807, 2.05) is 0 Å². The molecule has 0 saturated carbocycles. The lowest BCUT2D eigenvalue weighted by Crippen LogP contribution is -2.10. The Morgan fingerprint density at radius 1 is 0.318 bits per heavy atom. The van der Waals surface area contributed by atoms with Gasteiger partial charge in [0.15, 0.2) is 0 Å². The van der Waals surface area contributed by atoms with Gasteiger partial charge in [-0.3, -0.25) is 0 Å². The average molecular weight is 312 g/mol. The maximum absolute atomic E-state index is 5.34. The lowest BCUT2D eigenvalue weighted by molar-refractivity contribution is 0.0250. The van der Waals surface area contributed by atoms with Crippen molar-refractivity contribution in [3.63, 3.8) is 0 Å². The lowest BCUT2D eigenvalue weighted by atomic mass is 10.6. The van der Waals surface area contributed by atoms with Crippen LogP contribution < -0.4 is 0 Å². The molecule has 0 radical (unpaired) electrons. The molecule has 0 aromatic rings. The normalized spacial score (nSPS) is 21.1. The van der Waals surface area contributed by atoms with Crippen molar-refractivity contribution in [2.45, 2.75) is 0 Å². The van der Waals surface area contributed by atoms with Gasteiger partial charge < -0.3 is 28.4 Å². The van der Waals surface area contributed by atoms with Crippen molar-refractivity contribution in [3.8, 4) is 23.7 Å². The first-order valence-corrected chi connectivity index (χ1v) is 7.38. The molecule has 6 heteroatoms. The van der Waals surface area contributed by atoms with Crippen LogP contribution in [0.2, 0.25) is 0 Å². The molecular formula is C16H24O6. The van der Waals surface area contributed by atoms with E-state index in [2.05, 4.69) is 23.7 Å². The summed E-state index contributed by atoms with van der Waals surface area (Å²) in [4.78, 5) is 0. The summed E-state index contributed by atoms with van der Waals surface area (Å²) >= 11 is 0. The van der Waals surface area contributed by atoms with Crippen LogP contribution in [0.3, 0.4) is 0 Å². The number of rotatable bonds is 0. The van der Waals surface area contributed by atoms with Gasteiger partial charge in [-0.05, 0) is 0 Å². The summed E-state index contributed by atoms with van der Waals surface area (Å²) in [5, 5.41) is 0. The lowest BCUT2D eigenvalue weighted by Gasteiger charge is -2.04. The van der Waals surface area contributed by atoms with Gasteiger partial charge in [0, 0.05) is 0 Å². The van der Waals surface area contributed by atoms with Crippen LogP contribution in [0.1, 0.15) is 0 Å². The number of hydrogen-bond acceptors (Lipinski definition) is 6. The van der Waals surface area contributed by atoms with Crippen LogP contribution in [0.25, 0.3) is 0 Å². The van der Waals surface area contributed by atoms with Crippen LogP contribution in [0, 0.1) is 23.7 Å². The number of hydrogen-bond donors (Lipinski definition) is 0. The van der Waals surface area contributed by atoms with E-state index < -0.39 is 0 Å². The first-order valence-electron chi connectivity index (χ1n) is 7.38. The molecule has 6 nitrogen and oxygen atoms in total. The van der Waals surface area contributed by atoms with Gasteiger partial charge in [-0.2, -0.15) is 0 Å². The van der Waals surface area contributed by atoms with E-state index in [9.17, 15) is 0 Å². The molecule has 0 aliphatic carbocycles. The summed E-state index contributed by atoms with van der Waals surface area (Å²) in [7, 11) is 0.